The molecule has 16 heavy (non-hydrogen) atoms. The van der Waals surface area contributed by atoms with Gasteiger partial charge in [0.2, 0.25) is 0 Å². The van der Waals surface area contributed by atoms with Crippen LogP contribution in [0, 0.1) is 23.0 Å². The normalized spacial score (nSPS) is 10.2. The van der Waals surface area contributed by atoms with E-state index in [1.54, 1.807) is 6.07 Å². The molecule has 0 aliphatic rings. The number of benzene rings is 1. The van der Waals surface area contributed by atoms with Crippen LogP contribution in [0.15, 0.2) is 12.1 Å². The molecule has 0 atom stereocenters. The van der Waals surface area contributed by atoms with E-state index < -0.39 is 11.6 Å². The first kappa shape index (κ1) is 12.4. The lowest BCUT2D eigenvalue weighted by Gasteiger charge is -2.12. The van der Waals surface area contributed by atoms with E-state index in [4.69, 9.17) is 5.26 Å². The molecule has 0 fully saturated rings. The molecule has 0 saturated heterocycles. The van der Waals surface area contributed by atoms with Gasteiger partial charge >= 0.3 is 0 Å². The van der Waals surface area contributed by atoms with E-state index in [1.807, 2.05) is 19.0 Å². The Morgan fingerprint density at radius 2 is 2.00 bits per heavy atom. The Hall–Kier alpha value is -1.67. The molecule has 0 bridgehead atoms. The van der Waals surface area contributed by atoms with E-state index in [1.165, 1.54) is 12.1 Å². The van der Waals surface area contributed by atoms with Gasteiger partial charge in [-0.25, -0.2) is 8.78 Å². The number of likely N-dealkylation sites (N-methyl/N-ethyl adjacent to an activating group) is 1. The van der Waals surface area contributed by atoms with Gasteiger partial charge in [0.1, 0.15) is 6.07 Å². The van der Waals surface area contributed by atoms with Crippen molar-refractivity contribution in [2.75, 3.05) is 32.5 Å². The topological polar surface area (TPSA) is 39.1 Å². The minimum atomic E-state index is -1.10. The number of halogens is 2. The second kappa shape index (κ2) is 5.42. The van der Waals surface area contributed by atoms with Crippen LogP contribution in [-0.4, -0.2) is 32.1 Å². The molecular weight excluding hydrogens is 212 g/mol. The van der Waals surface area contributed by atoms with Gasteiger partial charge in [-0.1, -0.05) is 0 Å². The molecule has 1 rings (SSSR count). The van der Waals surface area contributed by atoms with Crippen molar-refractivity contribution in [2.45, 2.75) is 0 Å². The van der Waals surface area contributed by atoms with E-state index in [0.29, 0.717) is 13.1 Å². The Morgan fingerprint density at radius 3 is 2.56 bits per heavy atom. The fourth-order valence-corrected chi connectivity index (χ4v) is 1.19. The molecule has 0 saturated carbocycles. The van der Waals surface area contributed by atoms with E-state index in [2.05, 4.69) is 5.32 Å². The number of hydrogen-bond donors (Lipinski definition) is 1. The van der Waals surface area contributed by atoms with Crippen molar-refractivity contribution < 1.29 is 8.78 Å². The Labute approximate surface area is 93.3 Å². The summed E-state index contributed by atoms with van der Waals surface area (Å²) in [5.74, 6) is -2.10. The summed E-state index contributed by atoms with van der Waals surface area (Å²) in [5.41, 5.74) is -0.200. The first-order chi connectivity index (χ1) is 7.56. The maximum Gasteiger partial charge on any atom is 0.183 e. The van der Waals surface area contributed by atoms with E-state index >= 15 is 0 Å². The van der Waals surface area contributed by atoms with Gasteiger partial charge in [-0.3, -0.25) is 0 Å². The van der Waals surface area contributed by atoms with Crippen molar-refractivity contribution in [2.24, 2.45) is 0 Å². The predicted octanol–water partition coefficient (Wildman–Crippen LogP) is 1.81. The third kappa shape index (κ3) is 2.91. The van der Waals surface area contributed by atoms with Crippen LogP contribution in [0.2, 0.25) is 0 Å². The number of nitrogens with one attached hydrogen (secondary N) is 1. The number of anilines is 1. The fourth-order valence-electron chi connectivity index (χ4n) is 1.19. The zero-order valence-corrected chi connectivity index (χ0v) is 9.22. The number of hydrogen-bond acceptors (Lipinski definition) is 3. The second-order valence-corrected chi connectivity index (χ2v) is 3.63. The van der Waals surface area contributed by atoms with E-state index in [0.717, 1.165) is 0 Å². The summed E-state index contributed by atoms with van der Waals surface area (Å²) in [6, 6.07) is 4.21. The van der Waals surface area contributed by atoms with Crippen LogP contribution in [0.3, 0.4) is 0 Å². The van der Waals surface area contributed by atoms with Crippen LogP contribution in [0.4, 0.5) is 14.5 Å². The predicted molar refractivity (Wildman–Crippen MR) is 58.1 cm³/mol. The quantitative estimate of drug-likeness (QED) is 0.849. The van der Waals surface area contributed by atoms with Crippen LogP contribution >= 0.6 is 0 Å². The minimum absolute atomic E-state index is 0.0818. The van der Waals surface area contributed by atoms with E-state index in [-0.39, 0.29) is 11.3 Å². The zero-order chi connectivity index (χ0) is 12.1. The van der Waals surface area contributed by atoms with Gasteiger partial charge in [-0.2, -0.15) is 5.26 Å². The molecule has 0 amide bonds. The van der Waals surface area contributed by atoms with Crippen LogP contribution in [0.25, 0.3) is 0 Å². The molecule has 0 aromatic heterocycles. The first-order valence-electron chi connectivity index (χ1n) is 4.83. The summed E-state index contributed by atoms with van der Waals surface area (Å²) in [6.07, 6.45) is 0. The molecule has 86 valence electrons. The van der Waals surface area contributed by atoms with Crippen LogP contribution in [0.1, 0.15) is 5.56 Å². The van der Waals surface area contributed by atoms with Crippen LogP contribution in [-0.2, 0) is 0 Å². The van der Waals surface area contributed by atoms with Crippen molar-refractivity contribution in [1.29, 1.82) is 5.26 Å². The summed E-state index contributed by atoms with van der Waals surface area (Å²) in [5, 5.41) is 11.3. The highest BCUT2D eigenvalue weighted by atomic mass is 19.2. The average molecular weight is 225 g/mol. The van der Waals surface area contributed by atoms with Crippen molar-refractivity contribution in [3.8, 4) is 6.07 Å². The molecule has 0 aliphatic heterocycles. The highest BCUT2D eigenvalue weighted by Gasteiger charge is 2.12. The van der Waals surface area contributed by atoms with Gasteiger partial charge in [0, 0.05) is 13.1 Å². The smallest absolute Gasteiger partial charge is 0.183 e. The maximum absolute atomic E-state index is 13.4. The molecule has 5 heteroatoms. The van der Waals surface area contributed by atoms with E-state index in [9.17, 15) is 8.78 Å². The van der Waals surface area contributed by atoms with Crippen molar-refractivity contribution >= 4 is 5.69 Å². The summed E-state index contributed by atoms with van der Waals surface area (Å²) in [6.45, 7) is 1.22. The number of nitrogens with zero attached hydrogens (tertiary/aromatic N) is 2. The van der Waals surface area contributed by atoms with Crippen molar-refractivity contribution in [3.63, 3.8) is 0 Å². The lowest BCUT2D eigenvalue weighted by Crippen LogP contribution is -2.21. The third-order valence-electron chi connectivity index (χ3n) is 2.08. The monoisotopic (exact) mass is 225 g/mol. The number of rotatable bonds is 4. The Bertz CT molecular complexity index is 410. The van der Waals surface area contributed by atoms with Crippen LogP contribution < -0.4 is 5.32 Å². The second-order valence-electron chi connectivity index (χ2n) is 3.63. The lowest BCUT2D eigenvalue weighted by molar-refractivity contribution is 0.424. The van der Waals surface area contributed by atoms with Crippen molar-refractivity contribution in [3.05, 3.63) is 29.3 Å². The molecule has 0 radical (unpaired) electrons. The molecule has 3 nitrogen and oxygen atoms in total. The van der Waals surface area contributed by atoms with Crippen LogP contribution in [0.5, 0.6) is 0 Å². The van der Waals surface area contributed by atoms with Gasteiger partial charge in [0.15, 0.2) is 11.6 Å². The molecule has 1 N–H and O–H groups in total. The Morgan fingerprint density at radius 1 is 1.31 bits per heavy atom. The standard InChI is InChI=1S/C11H13F2N3/c1-16(2)6-5-15-9-4-3-8(7-14)10(12)11(9)13/h3-4,15H,5-6H2,1-2H3. The highest BCUT2D eigenvalue weighted by molar-refractivity contribution is 5.49. The molecule has 0 spiro atoms. The van der Waals surface area contributed by atoms with Gasteiger partial charge in [-0.15, -0.1) is 0 Å². The largest absolute Gasteiger partial charge is 0.381 e. The maximum atomic E-state index is 13.4. The van der Waals surface area contributed by atoms with Gasteiger partial charge < -0.3 is 10.2 Å². The molecule has 0 heterocycles. The third-order valence-corrected chi connectivity index (χ3v) is 2.08. The average Bonchev–Trinajstić information content (AvgIpc) is 2.24. The zero-order valence-electron chi connectivity index (χ0n) is 9.22. The van der Waals surface area contributed by atoms with Gasteiger partial charge in [0.25, 0.3) is 0 Å². The Balaban J connectivity index is 2.76. The molecule has 1 aromatic carbocycles. The summed E-state index contributed by atoms with van der Waals surface area (Å²) < 4.78 is 26.6. The fraction of sp³-hybridized carbons (Fsp3) is 0.364. The van der Waals surface area contributed by atoms with Gasteiger partial charge in [-0.05, 0) is 26.2 Å². The lowest BCUT2D eigenvalue weighted by atomic mass is 10.2. The molecule has 0 aliphatic carbocycles. The minimum Gasteiger partial charge on any atom is -0.381 e. The summed E-state index contributed by atoms with van der Waals surface area (Å²) in [4.78, 5) is 1.92. The molecular formula is C11H13F2N3. The SMILES string of the molecule is CN(C)CCNc1ccc(C#N)c(F)c1F. The summed E-state index contributed by atoms with van der Waals surface area (Å²) >= 11 is 0. The number of nitriles is 1. The van der Waals surface area contributed by atoms with Gasteiger partial charge in [0.05, 0.1) is 11.3 Å². The van der Waals surface area contributed by atoms with Crippen molar-refractivity contribution in [1.82, 2.24) is 4.90 Å². The first-order valence-corrected chi connectivity index (χ1v) is 4.83. The molecule has 1 aromatic rings. The highest BCUT2D eigenvalue weighted by Crippen LogP contribution is 2.19. The summed E-state index contributed by atoms with van der Waals surface area (Å²) in [7, 11) is 3.77. The molecule has 0 unspecified atom stereocenters. The Kier molecular flexibility index (Phi) is 4.20.